The van der Waals surface area contributed by atoms with Gasteiger partial charge in [0.15, 0.2) is 0 Å². The number of nitrogens with one attached hydrogen (secondary N) is 2. The Morgan fingerprint density at radius 2 is 1.66 bits per heavy atom. The predicted octanol–water partition coefficient (Wildman–Crippen LogP) is -0.0828. The van der Waals surface area contributed by atoms with Crippen LogP contribution in [0.5, 0.6) is 0 Å². The molecule has 4 fully saturated rings. The number of fused-ring (bicyclic) bond motifs is 2. The molecule has 4 aliphatic rings. The van der Waals surface area contributed by atoms with Gasteiger partial charge in [-0.15, -0.1) is 0 Å². The van der Waals surface area contributed by atoms with E-state index in [-0.39, 0.29) is 29.7 Å². The first-order valence-electron chi connectivity index (χ1n) is 11.8. The second-order valence-electron chi connectivity index (χ2n) is 10.6. The first kappa shape index (κ1) is 20.9. The Hall–Kier alpha value is -1.38. The van der Waals surface area contributed by atoms with E-state index < -0.39 is 5.41 Å². The number of carbonyl (C=O) groups is 2. The number of carbonyl (C=O) groups excluding carboxylic acids is 2. The van der Waals surface area contributed by atoms with Gasteiger partial charge < -0.3 is 9.80 Å². The molecule has 2 unspecified atom stereocenters. The normalized spacial score (nSPS) is 37.3. The highest BCUT2D eigenvalue weighted by molar-refractivity contribution is 6.04. The van der Waals surface area contributed by atoms with E-state index >= 15 is 0 Å². The van der Waals surface area contributed by atoms with Crippen LogP contribution in [-0.2, 0) is 9.59 Å². The summed E-state index contributed by atoms with van der Waals surface area (Å²) >= 11 is 0. The first-order valence-corrected chi connectivity index (χ1v) is 11.8. The smallest absolute Gasteiger partial charge is 0.236 e. The number of amides is 2. The molecule has 0 aromatic carbocycles. The van der Waals surface area contributed by atoms with Crippen molar-refractivity contribution in [3.8, 4) is 11.8 Å². The van der Waals surface area contributed by atoms with Crippen LogP contribution in [-0.4, -0.2) is 62.0 Å². The largest absolute Gasteiger partial charge is 0.323 e. The number of imide groups is 1. The molecule has 4 rings (SSSR count). The molecule has 0 spiro atoms. The molecule has 0 aromatic heterocycles. The van der Waals surface area contributed by atoms with Crippen molar-refractivity contribution in [3.05, 3.63) is 0 Å². The van der Waals surface area contributed by atoms with Gasteiger partial charge in [0, 0.05) is 5.92 Å². The number of piperazine rings is 1. The van der Waals surface area contributed by atoms with Crippen molar-refractivity contribution in [2.24, 2.45) is 16.7 Å². The average molecular weight is 402 g/mol. The summed E-state index contributed by atoms with van der Waals surface area (Å²) in [4.78, 5) is 30.7. The van der Waals surface area contributed by atoms with Crippen molar-refractivity contribution < 1.29 is 19.4 Å². The van der Waals surface area contributed by atoms with Crippen molar-refractivity contribution in [1.82, 2.24) is 4.90 Å². The number of hydrogen-bond acceptors (Lipinski definition) is 2. The zero-order valence-electron chi connectivity index (χ0n) is 18.6. The van der Waals surface area contributed by atoms with Gasteiger partial charge in [-0.3, -0.25) is 14.5 Å². The van der Waals surface area contributed by atoms with Crippen LogP contribution >= 0.6 is 0 Å². The lowest BCUT2D eigenvalue weighted by molar-refractivity contribution is -1.02. The zero-order valence-corrected chi connectivity index (χ0v) is 18.6. The van der Waals surface area contributed by atoms with Crippen LogP contribution in [0.4, 0.5) is 0 Å². The molecular weight excluding hydrogens is 362 g/mol. The van der Waals surface area contributed by atoms with Gasteiger partial charge in [0.25, 0.3) is 0 Å². The monoisotopic (exact) mass is 401 g/mol. The van der Waals surface area contributed by atoms with E-state index in [4.69, 9.17) is 0 Å². The van der Waals surface area contributed by atoms with Crippen LogP contribution in [0.1, 0.15) is 65.7 Å². The van der Waals surface area contributed by atoms with Crippen molar-refractivity contribution in [3.63, 3.8) is 0 Å². The van der Waals surface area contributed by atoms with Gasteiger partial charge in [0.2, 0.25) is 11.8 Å². The van der Waals surface area contributed by atoms with Crippen LogP contribution in [0, 0.1) is 28.6 Å². The summed E-state index contributed by atoms with van der Waals surface area (Å²) in [6.45, 7) is 12.2. The molecule has 2 heterocycles. The summed E-state index contributed by atoms with van der Waals surface area (Å²) in [5, 5.41) is 0. The van der Waals surface area contributed by atoms with Crippen LogP contribution in [0.3, 0.4) is 0 Å². The fraction of sp³-hybridized carbons (Fsp3) is 0.833. The molecule has 0 radical (unpaired) electrons. The molecule has 2 saturated heterocycles. The van der Waals surface area contributed by atoms with E-state index in [0.717, 1.165) is 25.4 Å². The molecular formula is C24H39N3O2+2. The van der Waals surface area contributed by atoms with E-state index in [0.29, 0.717) is 0 Å². The first-order chi connectivity index (χ1) is 13.8. The van der Waals surface area contributed by atoms with E-state index in [1.54, 1.807) is 4.90 Å². The highest BCUT2D eigenvalue weighted by Crippen LogP contribution is 2.59. The lowest BCUT2D eigenvalue weighted by Crippen LogP contribution is -3.29. The molecule has 2 bridgehead atoms. The molecule has 2 N–H and O–H groups in total. The molecule has 29 heavy (non-hydrogen) atoms. The van der Waals surface area contributed by atoms with Crippen LogP contribution in [0.25, 0.3) is 0 Å². The molecule has 2 saturated carbocycles. The summed E-state index contributed by atoms with van der Waals surface area (Å²) in [6, 6.07) is 0.897. The second kappa shape index (κ2) is 8.04. The third-order valence-electron chi connectivity index (χ3n) is 8.99. The highest BCUT2D eigenvalue weighted by atomic mass is 16.2. The molecule has 5 nitrogen and oxygen atoms in total. The minimum atomic E-state index is -0.420. The van der Waals surface area contributed by atoms with Gasteiger partial charge >= 0.3 is 0 Å². The third-order valence-corrected chi connectivity index (χ3v) is 8.99. The van der Waals surface area contributed by atoms with Gasteiger partial charge in [-0.25, -0.2) is 0 Å². The number of rotatable bonds is 3. The van der Waals surface area contributed by atoms with Gasteiger partial charge in [0.05, 0.1) is 18.0 Å². The standard InChI is InChI=1S/C24H37N3O2/c1-23(2)20-11-12-24(23,3)22(29)27(21(20)28)14-8-7-13-25-15-17-26(18-16-25)19-9-5-4-6-10-19/h19-20H,4-6,9-18H2,1-3H3/p+2. The number of hydrogen-bond donors (Lipinski definition) is 2. The molecule has 0 aromatic rings. The van der Waals surface area contributed by atoms with Gasteiger partial charge in [-0.2, -0.15) is 0 Å². The Balaban J connectivity index is 1.27. The van der Waals surface area contributed by atoms with E-state index in [9.17, 15) is 9.59 Å². The Kier molecular flexibility index (Phi) is 5.79. The lowest BCUT2D eigenvalue weighted by Gasteiger charge is -2.47. The average Bonchev–Trinajstić information content (AvgIpc) is 2.92. The Morgan fingerprint density at radius 3 is 2.34 bits per heavy atom. The van der Waals surface area contributed by atoms with Crippen molar-refractivity contribution in [2.75, 3.05) is 39.3 Å². The van der Waals surface area contributed by atoms with E-state index in [1.165, 1.54) is 63.2 Å². The Bertz CT molecular complexity index is 707. The number of likely N-dealkylation sites (tertiary alicyclic amines) is 1. The minimum absolute atomic E-state index is 0.00122. The lowest BCUT2D eigenvalue weighted by atomic mass is 9.62. The summed E-state index contributed by atoms with van der Waals surface area (Å²) in [7, 11) is 0. The zero-order chi connectivity index (χ0) is 20.6. The quantitative estimate of drug-likeness (QED) is 0.513. The second-order valence-corrected chi connectivity index (χ2v) is 10.6. The maximum Gasteiger partial charge on any atom is 0.236 e. The fourth-order valence-corrected chi connectivity index (χ4v) is 6.39. The highest BCUT2D eigenvalue weighted by Gasteiger charge is 2.64. The topological polar surface area (TPSA) is 46.3 Å². The maximum atomic E-state index is 13.0. The van der Waals surface area contributed by atoms with E-state index in [2.05, 4.69) is 25.7 Å². The molecule has 2 atom stereocenters. The van der Waals surface area contributed by atoms with Crippen molar-refractivity contribution in [1.29, 1.82) is 0 Å². The molecule has 160 valence electrons. The van der Waals surface area contributed by atoms with Crippen molar-refractivity contribution in [2.45, 2.75) is 71.8 Å². The van der Waals surface area contributed by atoms with Gasteiger partial charge in [-0.1, -0.05) is 33.1 Å². The number of quaternary nitrogens is 2. The SMILES string of the molecule is CC12CCC(C(=O)N(CC#CC[NH+]3CC[NH+](C4CCCCC4)CC3)C1=O)C2(C)C. The molecule has 2 aliphatic heterocycles. The molecule has 2 amide bonds. The number of piperidine rings is 1. The van der Waals surface area contributed by atoms with Crippen molar-refractivity contribution >= 4 is 11.8 Å². The fourth-order valence-electron chi connectivity index (χ4n) is 6.39. The molecule has 5 heteroatoms. The van der Waals surface area contributed by atoms with Crippen LogP contribution in [0.2, 0.25) is 0 Å². The predicted molar refractivity (Wildman–Crippen MR) is 112 cm³/mol. The van der Waals surface area contributed by atoms with Gasteiger partial charge in [-0.05, 0) is 49.9 Å². The maximum absolute atomic E-state index is 13.0. The summed E-state index contributed by atoms with van der Waals surface area (Å²) < 4.78 is 0. The molecule has 2 aliphatic carbocycles. The van der Waals surface area contributed by atoms with Crippen LogP contribution < -0.4 is 9.80 Å². The Labute approximate surface area is 176 Å². The van der Waals surface area contributed by atoms with Crippen LogP contribution in [0.15, 0.2) is 0 Å². The summed E-state index contributed by atoms with van der Waals surface area (Å²) in [6.07, 6.45) is 8.74. The third kappa shape index (κ3) is 3.64. The summed E-state index contributed by atoms with van der Waals surface area (Å²) in [5.74, 6) is 6.40. The Morgan fingerprint density at radius 1 is 0.966 bits per heavy atom. The summed E-state index contributed by atoms with van der Waals surface area (Å²) in [5.41, 5.74) is -0.660. The number of nitrogens with zero attached hydrogens (tertiary/aromatic N) is 1. The minimum Gasteiger partial charge on any atom is -0.323 e. The van der Waals surface area contributed by atoms with Gasteiger partial charge in [0.1, 0.15) is 32.7 Å². The van der Waals surface area contributed by atoms with E-state index in [1.807, 2.05) is 11.8 Å².